The Morgan fingerprint density at radius 2 is 1.93 bits per heavy atom. The van der Waals surface area contributed by atoms with Crippen molar-refractivity contribution >= 4 is 0 Å². The Labute approximate surface area is 171 Å². The summed E-state index contributed by atoms with van der Waals surface area (Å²) in [6, 6.07) is 6.49. The van der Waals surface area contributed by atoms with E-state index in [1.165, 1.54) is 5.56 Å². The molecule has 6 heteroatoms. The normalized spacial score (nSPS) is 19.2. The van der Waals surface area contributed by atoms with Crippen molar-refractivity contribution in [2.45, 2.75) is 51.9 Å². The summed E-state index contributed by atoms with van der Waals surface area (Å²) >= 11 is 0. The number of methoxy groups -OCH3 is 1. The molecule has 0 unspecified atom stereocenters. The van der Waals surface area contributed by atoms with Crippen molar-refractivity contribution in [3.8, 4) is 11.5 Å². The molecule has 0 saturated carbocycles. The van der Waals surface area contributed by atoms with Crippen LogP contribution in [0.4, 0.5) is 0 Å². The first-order valence-electron chi connectivity index (χ1n) is 10.2. The number of hydrogen-bond acceptors (Lipinski definition) is 6. The third-order valence-corrected chi connectivity index (χ3v) is 5.84. The molecule has 0 spiro atoms. The van der Waals surface area contributed by atoms with Gasteiger partial charge in [-0.05, 0) is 59.5 Å². The van der Waals surface area contributed by atoms with Gasteiger partial charge in [0, 0.05) is 44.3 Å². The predicted octanol–water partition coefficient (Wildman–Crippen LogP) is 2.30. The highest BCUT2D eigenvalue weighted by Gasteiger charge is 2.30. The lowest BCUT2D eigenvalue weighted by atomic mass is 9.99. The van der Waals surface area contributed by atoms with Gasteiger partial charge in [-0.3, -0.25) is 9.80 Å². The van der Waals surface area contributed by atoms with Gasteiger partial charge < -0.3 is 19.5 Å². The minimum absolute atomic E-state index is 0.185. The van der Waals surface area contributed by atoms with E-state index in [0.717, 1.165) is 31.9 Å². The van der Waals surface area contributed by atoms with Gasteiger partial charge >= 0.3 is 0 Å². The Morgan fingerprint density at radius 1 is 1.21 bits per heavy atom. The smallest absolute Gasteiger partial charge is 0.161 e. The number of likely N-dealkylation sites (N-methyl/N-ethyl adjacent to an activating group) is 2. The maximum atomic E-state index is 10.2. The summed E-state index contributed by atoms with van der Waals surface area (Å²) in [5, 5.41) is 10.2. The van der Waals surface area contributed by atoms with Gasteiger partial charge in [0.15, 0.2) is 11.5 Å². The van der Waals surface area contributed by atoms with Crippen LogP contribution in [0, 0.1) is 0 Å². The zero-order valence-corrected chi connectivity index (χ0v) is 18.7. The van der Waals surface area contributed by atoms with Crippen LogP contribution in [-0.4, -0.2) is 91.5 Å². The van der Waals surface area contributed by atoms with Crippen LogP contribution in [-0.2, 0) is 6.54 Å². The monoisotopic (exact) mass is 393 g/mol. The van der Waals surface area contributed by atoms with Gasteiger partial charge in [-0.15, -0.1) is 0 Å². The number of benzene rings is 1. The molecule has 28 heavy (non-hydrogen) atoms. The maximum absolute atomic E-state index is 10.2. The molecule has 0 aliphatic carbocycles. The number of aliphatic hydroxyl groups excluding tert-OH is 1. The topological polar surface area (TPSA) is 48.4 Å². The summed E-state index contributed by atoms with van der Waals surface area (Å²) in [6.07, 6.45) is -0.538. The van der Waals surface area contributed by atoms with Crippen LogP contribution in [0.1, 0.15) is 33.3 Å². The molecule has 1 heterocycles. The zero-order valence-electron chi connectivity index (χ0n) is 18.7. The summed E-state index contributed by atoms with van der Waals surface area (Å²) in [7, 11) is 5.86. The lowest BCUT2D eigenvalue weighted by Gasteiger charge is -2.45. The van der Waals surface area contributed by atoms with E-state index >= 15 is 0 Å². The van der Waals surface area contributed by atoms with Crippen molar-refractivity contribution in [2.75, 3.05) is 54.0 Å². The first-order valence-corrected chi connectivity index (χ1v) is 10.2. The van der Waals surface area contributed by atoms with Gasteiger partial charge in [0.25, 0.3) is 0 Å². The Morgan fingerprint density at radius 3 is 2.54 bits per heavy atom. The average Bonchev–Trinajstić information content (AvgIpc) is 2.63. The number of ether oxygens (including phenoxy) is 2. The molecule has 1 aromatic carbocycles. The summed E-state index contributed by atoms with van der Waals surface area (Å²) in [5.74, 6) is 1.39. The molecule has 2 rings (SSSR count). The summed E-state index contributed by atoms with van der Waals surface area (Å²) in [6.45, 7) is 13.7. The van der Waals surface area contributed by atoms with E-state index in [1.807, 2.05) is 19.2 Å². The molecule has 1 N–H and O–H groups in total. The van der Waals surface area contributed by atoms with Crippen LogP contribution >= 0.6 is 0 Å². The van der Waals surface area contributed by atoms with E-state index in [9.17, 15) is 5.11 Å². The molecular formula is C22H39N3O3. The molecule has 1 aliphatic rings. The Hall–Kier alpha value is -1.34. The second-order valence-corrected chi connectivity index (χ2v) is 8.93. The molecular weight excluding hydrogens is 354 g/mol. The van der Waals surface area contributed by atoms with Crippen molar-refractivity contribution in [1.29, 1.82) is 0 Å². The van der Waals surface area contributed by atoms with E-state index < -0.39 is 6.10 Å². The molecule has 1 atom stereocenters. The Bertz CT molecular complexity index is 621. The van der Waals surface area contributed by atoms with Gasteiger partial charge in [0.05, 0.1) is 7.11 Å². The number of piperazine rings is 1. The predicted molar refractivity (Wildman–Crippen MR) is 114 cm³/mol. The first kappa shape index (κ1) is 22.9. The maximum Gasteiger partial charge on any atom is 0.161 e. The van der Waals surface area contributed by atoms with Crippen LogP contribution in [0.5, 0.6) is 11.5 Å². The van der Waals surface area contributed by atoms with Crippen molar-refractivity contribution in [2.24, 2.45) is 0 Å². The minimum Gasteiger partial charge on any atom is -0.493 e. The lowest BCUT2D eigenvalue weighted by Crippen LogP contribution is -2.57. The highest BCUT2D eigenvalue weighted by molar-refractivity contribution is 5.43. The van der Waals surface area contributed by atoms with E-state index in [1.54, 1.807) is 7.11 Å². The van der Waals surface area contributed by atoms with Crippen molar-refractivity contribution in [3.05, 3.63) is 23.8 Å². The average molecular weight is 394 g/mol. The van der Waals surface area contributed by atoms with Gasteiger partial charge in [-0.2, -0.15) is 0 Å². The second-order valence-electron chi connectivity index (χ2n) is 8.93. The summed E-state index contributed by atoms with van der Waals surface area (Å²) < 4.78 is 11.4. The molecule has 0 bridgehead atoms. The molecule has 0 aromatic heterocycles. The van der Waals surface area contributed by atoms with Gasteiger partial charge in [0.2, 0.25) is 0 Å². The SMILES string of the molecule is COc1cc(CN2CCN(C)C(C)(C)C2)ccc1OC[C@H](O)CN(C)C(C)C. The minimum atomic E-state index is -0.538. The van der Waals surface area contributed by atoms with Crippen molar-refractivity contribution in [1.82, 2.24) is 14.7 Å². The standard InChI is InChI=1S/C22H39N3O3/c1-17(2)23(5)14-19(26)15-28-20-9-8-18(12-21(20)27-7)13-25-11-10-24(6)22(3,4)16-25/h8-9,12,17,19,26H,10-11,13-16H2,1-7H3/t19-/m1/s1. The van der Waals surface area contributed by atoms with Crippen LogP contribution < -0.4 is 9.47 Å². The molecule has 1 aromatic rings. The number of rotatable bonds is 9. The Balaban J connectivity index is 1.94. The van der Waals surface area contributed by atoms with E-state index in [2.05, 4.69) is 55.5 Å². The van der Waals surface area contributed by atoms with Crippen molar-refractivity contribution in [3.63, 3.8) is 0 Å². The molecule has 1 aliphatic heterocycles. The fourth-order valence-corrected chi connectivity index (χ4v) is 3.45. The molecule has 0 radical (unpaired) electrons. The molecule has 0 amide bonds. The van der Waals surface area contributed by atoms with Gasteiger partial charge in [-0.1, -0.05) is 6.07 Å². The first-order chi connectivity index (χ1) is 13.1. The van der Waals surface area contributed by atoms with Crippen LogP contribution in [0.2, 0.25) is 0 Å². The summed E-state index contributed by atoms with van der Waals surface area (Å²) in [5.41, 5.74) is 1.40. The molecule has 1 saturated heterocycles. The lowest BCUT2D eigenvalue weighted by molar-refractivity contribution is 0.0359. The fraction of sp³-hybridized carbons (Fsp3) is 0.727. The number of hydrogen-bond donors (Lipinski definition) is 1. The van der Waals surface area contributed by atoms with Crippen LogP contribution in [0.15, 0.2) is 18.2 Å². The van der Waals surface area contributed by atoms with E-state index in [0.29, 0.717) is 18.3 Å². The van der Waals surface area contributed by atoms with E-state index in [4.69, 9.17) is 9.47 Å². The van der Waals surface area contributed by atoms with Crippen molar-refractivity contribution < 1.29 is 14.6 Å². The third kappa shape index (κ3) is 6.34. The third-order valence-electron chi connectivity index (χ3n) is 5.84. The van der Waals surface area contributed by atoms with Gasteiger partial charge in [0.1, 0.15) is 12.7 Å². The molecule has 6 nitrogen and oxygen atoms in total. The summed E-state index contributed by atoms with van der Waals surface area (Å²) in [4.78, 5) is 7.01. The highest BCUT2D eigenvalue weighted by atomic mass is 16.5. The molecule has 160 valence electrons. The molecule has 1 fully saturated rings. The number of aliphatic hydroxyl groups is 1. The zero-order chi connectivity index (χ0) is 20.9. The highest BCUT2D eigenvalue weighted by Crippen LogP contribution is 2.29. The largest absolute Gasteiger partial charge is 0.493 e. The van der Waals surface area contributed by atoms with Gasteiger partial charge in [-0.25, -0.2) is 0 Å². The van der Waals surface area contributed by atoms with Crippen LogP contribution in [0.25, 0.3) is 0 Å². The number of nitrogens with zero attached hydrogens (tertiary/aromatic N) is 3. The fourth-order valence-electron chi connectivity index (χ4n) is 3.45. The Kier molecular flexibility index (Phi) is 8.13. The second kappa shape index (κ2) is 9.92. The van der Waals surface area contributed by atoms with E-state index in [-0.39, 0.29) is 12.1 Å². The quantitative estimate of drug-likeness (QED) is 0.695. The van der Waals surface area contributed by atoms with Crippen LogP contribution in [0.3, 0.4) is 0 Å².